The molecule has 2 atom stereocenters. The van der Waals surface area contributed by atoms with E-state index in [1.165, 1.54) is 6.07 Å². The van der Waals surface area contributed by atoms with E-state index in [0.29, 0.717) is 40.8 Å². The minimum Gasteiger partial charge on any atom is -0.424 e. The van der Waals surface area contributed by atoms with Gasteiger partial charge in [0.15, 0.2) is 11.4 Å². The van der Waals surface area contributed by atoms with E-state index >= 15 is 4.39 Å². The van der Waals surface area contributed by atoms with E-state index in [-0.39, 0.29) is 34.8 Å². The molecule has 0 aliphatic carbocycles. The van der Waals surface area contributed by atoms with Gasteiger partial charge >= 0.3 is 0 Å². The third kappa shape index (κ3) is 4.71. The van der Waals surface area contributed by atoms with Crippen molar-refractivity contribution in [2.24, 2.45) is 5.92 Å². The quantitative estimate of drug-likeness (QED) is 0.381. The van der Waals surface area contributed by atoms with E-state index in [9.17, 15) is 4.79 Å². The molecule has 3 heterocycles. The van der Waals surface area contributed by atoms with Crippen LogP contribution in [0.3, 0.4) is 0 Å². The zero-order valence-electron chi connectivity index (χ0n) is 19.5. The number of carbonyl (C=O) groups excluding carboxylic acids is 1. The fourth-order valence-corrected chi connectivity index (χ4v) is 4.87. The van der Waals surface area contributed by atoms with Gasteiger partial charge in [-0.1, -0.05) is 18.5 Å². The molecule has 180 valence electrons. The van der Waals surface area contributed by atoms with Gasteiger partial charge in [-0.15, -0.1) is 0 Å². The lowest BCUT2D eigenvalue weighted by molar-refractivity contribution is 0.0539. The summed E-state index contributed by atoms with van der Waals surface area (Å²) in [4.78, 5) is 28.5. The lowest BCUT2D eigenvalue weighted by atomic mass is 9.89. The van der Waals surface area contributed by atoms with Crippen LogP contribution in [0.5, 0.6) is 0 Å². The van der Waals surface area contributed by atoms with Crippen LogP contribution in [0.25, 0.3) is 22.5 Å². The average molecular weight is 494 g/mol. The highest BCUT2D eigenvalue weighted by Crippen LogP contribution is 2.31. The van der Waals surface area contributed by atoms with E-state index < -0.39 is 5.82 Å². The molecule has 0 radical (unpaired) electrons. The van der Waals surface area contributed by atoms with Crippen LogP contribution in [0.1, 0.15) is 35.7 Å². The Morgan fingerprint density at radius 3 is 2.86 bits per heavy atom. The second-order valence-corrected chi connectivity index (χ2v) is 9.38. The number of aromatic nitrogens is 3. The van der Waals surface area contributed by atoms with Crippen LogP contribution in [0.15, 0.2) is 53.2 Å². The maximum atomic E-state index is 15.1. The summed E-state index contributed by atoms with van der Waals surface area (Å²) in [6.07, 6.45) is 4.94. The number of amides is 1. The minimum absolute atomic E-state index is 0.127. The first-order valence-corrected chi connectivity index (χ1v) is 12.0. The number of carbonyl (C=O) groups is 1. The summed E-state index contributed by atoms with van der Waals surface area (Å²) in [5.41, 5.74) is 2.35. The molecule has 4 aromatic rings. The van der Waals surface area contributed by atoms with Crippen LogP contribution in [-0.2, 0) is 0 Å². The van der Waals surface area contributed by atoms with Gasteiger partial charge in [0.05, 0.1) is 17.2 Å². The Labute approximate surface area is 207 Å². The Hall–Kier alpha value is -3.52. The van der Waals surface area contributed by atoms with Gasteiger partial charge < -0.3 is 14.6 Å². The Bertz CT molecular complexity index is 1380. The van der Waals surface area contributed by atoms with Crippen LogP contribution in [0.2, 0.25) is 5.02 Å². The number of fused-ring (bicyclic) bond motifs is 1. The first kappa shape index (κ1) is 23.2. The number of nitrogens with zero attached hydrogens (tertiary/aromatic N) is 4. The molecule has 2 aromatic carbocycles. The predicted octanol–water partition coefficient (Wildman–Crippen LogP) is 5.74. The predicted molar refractivity (Wildman–Crippen MR) is 133 cm³/mol. The summed E-state index contributed by atoms with van der Waals surface area (Å²) in [5.74, 6) is -0.328. The number of piperidine rings is 1. The number of hydrogen-bond donors (Lipinski definition) is 1. The van der Waals surface area contributed by atoms with Gasteiger partial charge in [-0.25, -0.2) is 14.4 Å². The van der Waals surface area contributed by atoms with Crippen LogP contribution in [0, 0.1) is 18.7 Å². The third-order valence-electron chi connectivity index (χ3n) is 6.44. The Morgan fingerprint density at radius 2 is 2.06 bits per heavy atom. The number of rotatable bonds is 5. The Morgan fingerprint density at radius 1 is 1.26 bits per heavy atom. The van der Waals surface area contributed by atoms with Crippen molar-refractivity contribution in [1.82, 2.24) is 19.9 Å². The molecule has 0 bridgehead atoms. The Kier molecular flexibility index (Phi) is 6.38. The van der Waals surface area contributed by atoms with Crippen LogP contribution in [-0.4, -0.2) is 44.9 Å². The van der Waals surface area contributed by atoms with Crippen LogP contribution >= 0.6 is 11.6 Å². The summed E-state index contributed by atoms with van der Waals surface area (Å²) >= 11 is 6.06. The van der Waals surface area contributed by atoms with Gasteiger partial charge in [-0.05, 0) is 67.6 Å². The second kappa shape index (κ2) is 9.62. The summed E-state index contributed by atoms with van der Waals surface area (Å²) in [7, 11) is 0. The van der Waals surface area contributed by atoms with Crippen molar-refractivity contribution < 1.29 is 13.6 Å². The molecular formula is C26H25ClFN5O2. The van der Waals surface area contributed by atoms with Crippen molar-refractivity contribution >= 4 is 34.6 Å². The topological polar surface area (TPSA) is 84.2 Å². The lowest BCUT2D eigenvalue weighted by Crippen LogP contribution is -2.51. The average Bonchev–Trinajstić information content (AvgIpc) is 3.24. The summed E-state index contributed by atoms with van der Waals surface area (Å²) in [6, 6.07) is 10.3. The summed E-state index contributed by atoms with van der Waals surface area (Å²) < 4.78 is 20.9. The second-order valence-electron chi connectivity index (χ2n) is 8.94. The van der Waals surface area contributed by atoms with Crippen molar-refractivity contribution in [3.05, 3.63) is 70.8 Å². The fourth-order valence-electron chi connectivity index (χ4n) is 4.70. The van der Waals surface area contributed by atoms with Crippen molar-refractivity contribution in [2.75, 3.05) is 18.4 Å². The molecule has 9 heteroatoms. The largest absolute Gasteiger partial charge is 0.424 e. The molecule has 7 nitrogen and oxygen atoms in total. The van der Waals surface area contributed by atoms with Gasteiger partial charge in [-0.3, -0.25) is 4.79 Å². The van der Waals surface area contributed by atoms with Crippen molar-refractivity contribution in [3.8, 4) is 11.4 Å². The fraction of sp³-hybridized carbons (Fsp3) is 0.308. The molecule has 2 unspecified atom stereocenters. The molecule has 1 fully saturated rings. The number of nitrogens with one attached hydrogen (secondary N) is 1. The molecule has 1 saturated heterocycles. The maximum absolute atomic E-state index is 15.1. The van der Waals surface area contributed by atoms with Gasteiger partial charge in [0.25, 0.3) is 11.9 Å². The highest BCUT2D eigenvalue weighted by molar-refractivity contribution is 6.31. The number of likely N-dealkylation sites (tertiary alicyclic amines) is 1. The van der Waals surface area contributed by atoms with Gasteiger partial charge in [0, 0.05) is 30.5 Å². The minimum atomic E-state index is -0.510. The molecule has 2 aromatic heterocycles. The molecule has 5 rings (SSSR count). The number of benzene rings is 2. The monoisotopic (exact) mass is 493 g/mol. The van der Waals surface area contributed by atoms with Crippen molar-refractivity contribution in [3.63, 3.8) is 0 Å². The smallest absolute Gasteiger partial charge is 0.295 e. The van der Waals surface area contributed by atoms with Crippen LogP contribution < -0.4 is 5.32 Å². The first-order chi connectivity index (χ1) is 16.9. The number of anilines is 1. The molecule has 35 heavy (non-hydrogen) atoms. The highest BCUT2D eigenvalue weighted by Gasteiger charge is 2.34. The third-order valence-corrected chi connectivity index (χ3v) is 6.68. The summed E-state index contributed by atoms with van der Waals surface area (Å²) in [6.45, 7) is 4.91. The van der Waals surface area contributed by atoms with Gasteiger partial charge in [-0.2, -0.15) is 4.98 Å². The molecule has 0 saturated carbocycles. The van der Waals surface area contributed by atoms with Crippen LogP contribution in [0.4, 0.5) is 10.4 Å². The molecule has 1 N–H and O–H groups in total. The molecule has 1 aliphatic rings. The van der Waals surface area contributed by atoms with E-state index in [0.717, 1.165) is 12.8 Å². The lowest BCUT2D eigenvalue weighted by Gasteiger charge is -2.40. The molecule has 1 amide bonds. The standard InChI is InChI=1S/C26H25ClFN5O2/c1-15-11-18(23(19(28)12-15)24-29-8-4-9-30-24)25(34)33-10-3-5-16(2)21(33)14-31-26-32-20-13-17(27)6-7-22(20)35-26/h4,6-9,11-13,16,21H,3,5,10,14H2,1-2H3,(H,31,32). The normalized spacial score (nSPS) is 18.1. The highest BCUT2D eigenvalue weighted by atomic mass is 35.5. The van der Waals surface area contributed by atoms with E-state index in [1.807, 2.05) is 4.90 Å². The van der Waals surface area contributed by atoms with Crippen molar-refractivity contribution in [2.45, 2.75) is 32.7 Å². The van der Waals surface area contributed by atoms with Crippen molar-refractivity contribution in [1.29, 1.82) is 0 Å². The molecule has 1 aliphatic heterocycles. The number of oxazole rings is 1. The number of aryl methyl sites for hydroxylation is 1. The summed E-state index contributed by atoms with van der Waals surface area (Å²) in [5, 5.41) is 3.83. The van der Waals surface area contributed by atoms with Gasteiger partial charge in [0.1, 0.15) is 11.3 Å². The van der Waals surface area contributed by atoms with E-state index in [4.69, 9.17) is 16.0 Å². The zero-order valence-corrected chi connectivity index (χ0v) is 20.2. The van der Waals surface area contributed by atoms with Gasteiger partial charge in [0.2, 0.25) is 0 Å². The molecule has 0 spiro atoms. The first-order valence-electron chi connectivity index (χ1n) is 11.6. The number of halogens is 2. The Balaban J connectivity index is 1.44. The zero-order chi connectivity index (χ0) is 24.5. The number of hydrogen-bond acceptors (Lipinski definition) is 6. The maximum Gasteiger partial charge on any atom is 0.295 e. The molecular weight excluding hydrogens is 469 g/mol. The van der Waals surface area contributed by atoms with E-state index in [1.54, 1.807) is 49.6 Å². The van der Waals surface area contributed by atoms with E-state index in [2.05, 4.69) is 27.2 Å². The SMILES string of the molecule is Cc1cc(F)c(-c2ncccn2)c(C(=O)N2CCCC(C)C2CNc2nc3cc(Cl)ccc3o2)c1.